The van der Waals surface area contributed by atoms with Crippen LogP contribution in [0.5, 0.6) is 5.75 Å². The largest absolute Gasteiger partial charge is 0.425 e. The summed E-state index contributed by atoms with van der Waals surface area (Å²) in [5.41, 5.74) is 0.610. The number of amides is 2. The van der Waals surface area contributed by atoms with Gasteiger partial charge in [0, 0.05) is 29.1 Å². The van der Waals surface area contributed by atoms with Crippen LogP contribution in [0.3, 0.4) is 0 Å². The van der Waals surface area contributed by atoms with Gasteiger partial charge in [0.15, 0.2) is 0 Å². The zero-order chi connectivity index (χ0) is 19.5. The first-order chi connectivity index (χ1) is 13.6. The SMILES string of the molecule is O=C(Nc1cccc(OC(=O)C2CCCN2C(=O)Cc2cccs2)c1)C1CC1. The highest BCUT2D eigenvalue weighted by Gasteiger charge is 2.35. The highest BCUT2D eigenvalue weighted by Crippen LogP contribution is 2.31. The first kappa shape index (κ1) is 18.7. The number of nitrogens with one attached hydrogen (secondary N) is 1. The zero-order valence-electron chi connectivity index (χ0n) is 15.4. The van der Waals surface area contributed by atoms with Gasteiger partial charge in [-0.15, -0.1) is 11.3 Å². The summed E-state index contributed by atoms with van der Waals surface area (Å²) in [6, 6.07) is 10.1. The quantitative estimate of drug-likeness (QED) is 0.599. The second-order valence-corrected chi connectivity index (χ2v) is 8.25. The number of anilines is 1. The molecule has 28 heavy (non-hydrogen) atoms. The molecule has 1 aliphatic heterocycles. The maximum Gasteiger partial charge on any atom is 0.334 e. The highest BCUT2D eigenvalue weighted by atomic mass is 32.1. The minimum Gasteiger partial charge on any atom is -0.425 e. The second kappa shape index (κ2) is 8.14. The first-order valence-electron chi connectivity index (χ1n) is 9.54. The van der Waals surface area contributed by atoms with Crippen LogP contribution in [0, 0.1) is 5.92 Å². The van der Waals surface area contributed by atoms with E-state index in [2.05, 4.69) is 5.32 Å². The average molecular weight is 398 g/mol. The number of ether oxygens (including phenoxy) is 1. The van der Waals surface area contributed by atoms with Crippen molar-refractivity contribution < 1.29 is 19.1 Å². The lowest BCUT2D eigenvalue weighted by Crippen LogP contribution is -2.43. The number of esters is 1. The molecule has 0 radical (unpaired) electrons. The number of thiophene rings is 1. The van der Waals surface area contributed by atoms with Crippen LogP contribution in [-0.2, 0) is 20.8 Å². The van der Waals surface area contributed by atoms with Crippen molar-refractivity contribution in [1.29, 1.82) is 0 Å². The lowest BCUT2D eigenvalue weighted by molar-refractivity contribution is -0.145. The summed E-state index contributed by atoms with van der Waals surface area (Å²) in [6.45, 7) is 0.571. The van der Waals surface area contributed by atoms with Crippen LogP contribution < -0.4 is 10.1 Å². The van der Waals surface area contributed by atoms with Crippen molar-refractivity contribution in [2.24, 2.45) is 5.92 Å². The van der Waals surface area contributed by atoms with Gasteiger partial charge in [-0.3, -0.25) is 9.59 Å². The summed E-state index contributed by atoms with van der Waals surface area (Å²) in [5, 5.41) is 4.78. The molecule has 2 heterocycles. The summed E-state index contributed by atoms with van der Waals surface area (Å²) in [4.78, 5) is 39.8. The van der Waals surface area contributed by atoms with Gasteiger partial charge in [0.2, 0.25) is 11.8 Å². The minimum atomic E-state index is -0.558. The van der Waals surface area contributed by atoms with Crippen LogP contribution in [0.25, 0.3) is 0 Å². The van der Waals surface area contributed by atoms with E-state index in [4.69, 9.17) is 4.74 Å². The van der Waals surface area contributed by atoms with Crippen LogP contribution in [0.4, 0.5) is 5.69 Å². The molecule has 1 saturated heterocycles. The molecule has 1 N–H and O–H groups in total. The van der Waals surface area contributed by atoms with E-state index in [1.54, 1.807) is 29.2 Å². The Morgan fingerprint density at radius 1 is 1.14 bits per heavy atom. The van der Waals surface area contributed by atoms with Gasteiger partial charge in [-0.25, -0.2) is 4.79 Å². The molecule has 2 amide bonds. The third-order valence-electron chi connectivity index (χ3n) is 5.02. The maximum absolute atomic E-state index is 12.7. The molecule has 1 atom stereocenters. The first-order valence-corrected chi connectivity index (χ1v) is 10.4. The Balaban J connectivity index is 1.38. The van der Waals surface area contributed by atoms with Crippen molar-refractivity contribution in [3.8, 4) is 5.75 Å². The van der Waals surface area contributed by atoms with Gasteiger partial charge >= 0.3 is 5.97 Å². The molecule has 1 saturated carbocycles. The van der Waals surface area contributed by atoms with Crippen molar-refractivity contribution in [1.82, 2.24) is 4.90 Å². The summed E-state index contributed by atoms with van der Waals surface area (Å²) >= 11 is 1.54. The normalized spacial score (nSPS) is 18.7. The summed E-state index contributed by atoms with van der Waals surface area (Å²) in [6.07, 6.45) is 3.56. The fourth-order valence-electron chi connectivity index (χ4n) is 3.39. The Labute approximate surface area is 167 Å². The molecule has 1 aromatic carbocycles. The van der Waals surface area contributed by atoms with Gasteiger partial charge in [-0.1, -0.05) is 12.1 Å². The number of likely N-dealkylation sites (tertiary alicyclic amines) is 1. The molecule has 0 bridgehead atoms. The fraction of sp³-hybridized carbons (Fsp3) is 0.381. The molecule has 1 aliphatic carbocycles. The molecule has 146 valence electrons. The van der Waals surface area contributed by atoms with E-state index >= 15 is 0 Å². The molecule has 1 unspecified atom stereocenters. The second-order valence-electron chi connectivity index (χ2n) is 7.21. The molecule has 2 aromatic rings. The highest BCUT2D eigenvalue weighted by molar-refractivity contribution is 7.10. The molecule has 6 nitrogen and oxygen atoms in total. The number of benzene rings is 1. The monoisotopic (exact) mass is 398 g/mol. The average Bonchev–Trinajstić information content (AvgIpc) is 3.19. The Kier molecular flexibility index (Phi) is 5.43. The summed E-state index contributed by atoms with van der Waals surface area (Å²) in [7, 11) is 0. The number of hydrogen-bond donors (Lipinski definition) is 1. The molecular weight excluding hydrogens is 376 g/mol. The smallest absolute Gasteiger partial charge is 0.334 e. The van der Waals surface area contributed by atoms with Crippen LogP contribution in [0.15, 0.2) is 41.8 Å². The Morgan fingerprint density at radius 2 is 2.00 bits per heavy atom. The van der Waals surface area contributed by atoms with Crippen LogP contribution >= 0.6 is 11.3 Å². The van der Waals surface area contributed by atoms with Gasteiger partial charge in [-0.05, 0) is 49.3 Å². The molecule has 7 heteroatoms. The summed E-state index contributed by atoms with van der Waals surface area (Å²) in [5.74, 6) is 0.00317. The topological polar surface area (TPSA) is 75.7 Å². The molecule has 2 aliphatic rings. The van der Waals surface area contributed by atoms with Crippen molar-refractivity contribution in [2.75, 3.05) is 11.9 Å². The van der Waals surface area contributed by atoms with Gasteiger partial charge in [0.05, 0.1) is 6.42 Å². The molecule has 1 aromatic heterocycles. The predicted octanol–water partition coefficient (Wildman–Crippen LogP) is 3.24. The van der Waals surface area contributed by atoms with E-state index in [0.717, 1.165) is 24.1 Å². The number of carbonyl (C=O) groups is 3. The Morgan fingerprint density at radius 3 is 2.75 bits per heavy atom. The Hall–Kier alpha value is -2.67. The van der Waals surface area contributed by atoms with Gasteiger partial charge < -0.3 is 15.0 Å². The number of rotatable bonds is 6. The fourth-order valence-corrected chi connectivity index (χ4v) is 4.08. The van der Waals surface area contributed by atoms with Gasteiger partial charge in [0.25, 0.3) is 0 Å². The minimum absolute atomic E-state index is 0.00428. The van der Waals surface area contributed by atoms with Crippen molar-refractivity contribution in [3.63, 3.8) is 0 Å². The number of carbonyl (C=O) groups excluding carboxylic acids is 3. The lowest BCUT2D eigenvalue weighted by atomic mass is 10.2. The third-order valence-corrected chi connectivity index (χ3v) is 5.90. The molecule has 0 spiro atoms. The molecule has 2 fully saturated rings. The molecular formula is C21H22N2O4S. The zero-order valence-corrected chi connectivity index (χ0v) is 16.2. The molecule has 4 rings (SSSR count). The number of hydrogen-bond acceptors (Lipinski definition) is 5. The lowest BCUT2D eigenvalue weighted by Gasteiger charge is -2.23. The van der Waals surface area contributed by atoms with E-state index < -0.39 is 12.0 Å². The van der Waals surface area contributed by atoms with E-state index in [-0.39, 0.29) is 17.7 Å². The van der Waals surface area contributed by atoms with E-state index in [9.17, 15) is 14.4 Å². The van der Waals surface area contributed by atoms with Crippen molar-refractivity contribution in [2.45, 2.75) is 38.1 Å². The van der Waals surface area contributed by atoms with E-state index in [1.807, 2.05) is 17.5 Å². The third kappa shape index (κ3) is 4.42. The van der Waals surface area contributed by atoms with Gasteiger partial charge in [-0.2, -0.15) is 0 Å². The van der Waals surface area contributed by atoms with Crippen molar-refractivity contribution in [3.05, 3.63) is 46.7 Å². The van der Waals surface area contributed by atoms with Crippen molar-refractivity contribution >= 4 is 34.8 Å². The van der Waals surface area contributed by atoms with E-state index in [0.29, 0.717) is 30.8 Å². The predicted molar refractivity (Wildman–Crippen MR) is 106 cm³/mol. The number of nitrogens with zero attached hydrogens (tertiary/aromatic N) is 1. The maximum atomic E-state index is 12.7. The van der Waals surface area contributed by atoms with E-state index in [1.165, 1.54) is 11.3 Å². The van der Waals surface area contributed by atoms with Gasteiger partial charge in [0.1, 0.15) is 11.8 Å². The summed E-state index contributed by atoms with van der Waals surface area (Å²) < 4.78 is 5.53. The van der Waals surface area contributed by atoms with Crippen LogP contribution in [0.1, 0.15) is 30.6 Å². The van der Waals surface area contributed by atoms with Crippen LogP contribution in [-0.4, -0.2) is 35.3 Å². The van der Waals surface area contributed by atoms with Crippen LogP contribution in [0.2, 0.25) is 0 Å². The Bertz CT molecular complexity index is 876. The standard InChI is InChI=1S/C21H22N2O4S/c24-19(13-17-6-3-11-28-17)23-10-2-7-18(23)21(26)27-16-5-1-4-15(12-16)22-20(25)14-8-9-14/h1,3-6,11-12,14,18H,2,7-10,13H2,(H,22,25).